The Hall–Kier alpha value is -2.95. The van der Waals surface area contributed by atoms with E-state index in [1.54, 1.807) is 13.2 Å². The van der Waals surface area contributed by atoms with E-state index in [0.29, 0.717) is 26.2 Å². The minimum atomic E-state index is -2.75. The summed E-state index contributed by atoms with van der Waals surface area (Å²) in [5, 5.41) is 2.20. The molecule has 0 aliphatic carbocycles. The van der Waals surface area contributed by atoms with Crippen molar-refractivity contribution in [3.05, 3.63) is 109 Å². The van der Waals surface area contributed by atoms with E-state index in [-0.39, 0.29) is 23.7 Å². The number of ketones is 1. The maximum Gasteiger partial charge on any atom is 0.261 e. The van der Waals surface area contributed by atoms with E-state index in [4.69, 9.17) is 28.1 Å². The van der Waals surface area contributed by atoms with E-state index >= 15 is 0 Å². The number of hydrogen-bond acceptors (Lipinski definition) is 7. The molecule has 45 heavy (non-hydrogen) atoms. The molecule has 1 heterocycles. The second-order valence-electron chi connectivity index (χ2n) is 12.8. The van der Waals surface area contributed by atoms with Crippen LogP contribution in [0.15, 0.2) is 103 Å². The van der Waals surface area contributed by atoms with Gasteiger partial charge in [0.1, 0.15) is 25.1 Å². The molecule has 3 unspecified atom stereocenters. The van der Waals surface area contributed by atoms with Gasteiger partial charge in [0.2, 0.25) is 0 Å². The van der Waals surface area contributed by atoms with Crippen LogP contribution in [0.2, 0.25) is 5.04 Å². The van der Waals surface area contributed by atoms with Crippen LogP contribution >= 0.6 is 0 Å². The van der Waals surface area contributed by atoms with Gasteiger partial charge in [-0.05, 0) is 47.0 Å². The largest absolute Gasteiger partial charge is 0.407 e. The quantitative estimate of drug-likeness (QED) is 0.112. The normalized spacial score (nSPS) is 19.2. The Labute approximate surface area is 269 Å². The van der Waals surface area contributed by atoms with Crippen LogP contribution in [0.5, 0.6) is 0 Å². The van der Waals surface area contributed by atoms with Gasteiger partial charge in [-0.1, -0.05) is 112 Å². The summed E-state index contributed by atoms with van der Waals surface area (Å²) < 4.78 is 36.2. The molecule has 1 fully saturated rings. The molecular formula is C37H48O7Si. The molecule has 8 heteroatoms. The molecular weight excluding hydrogens is 584 g/mol. The molecule has 1 saturated heterocycles. The average molecular weight is 633 g/mol. The fraction of sp³-hybridized carbons (Fsp3) is 0.432. The zero-order chi connectivity index (χ0) is 32.3. The van der Waals surface area contributed by atoms with Gasteiger partial charge in [0.25, 0.3) is 8.32 Å². The topological polar surface area (TPSA) is 72.5 Å². The van der Waals surface area contributed by atoms with Crippen LogP contribution < -0.4 is 10.4 Å². The van der Waals surface area contributed by atoms with Crippen molar-refractivity contribution in [1.82, 2.24) is 0 Å². The summed E-state index contributed by atoms with van der Waals surface area (Å²) in [5.74, 6) is -0.982. The lowest BCUT2D eigenvalue weighted by Gasteiger charge is -2.43. The second-order valence-corrected chi connectivity index (χ2v) is 17.1. The van der Waals surface area contributed by atoms with Gasteiger partial charge in [-0.2, -0.15) is 0 Å². The number of ether oxygens (including phenoxy) is 5. The standard InChI is InChI=1S/C37H48O7Si/c1-36(2,3)45(30-18-12-8-13-19-30,31-20-14-9-15-21-31)42-25-24-33(41-28-39-6)32(38)22-23-34-35(44-37(4,5)43-34)27-40-26-29-16-10-7-11-17-29/h7-23,33-35H,24-28H2,1-6H3/b23-22+. The monoisotopic (exact) mass is 632 g/mol. The predicted molar refractivity (Wildman–Crippen MR) is 179 cm³/mol. The number of rotatable bonds is 16. The lowest BCUT2D eigenvalue weighted by atomic mass is 10.1. The maximum atomic E-state index is 13.5. The molecule has 0 N–H and O–H groups in total. The first-order valence-corrected chi connectivity index (χ1v) is 17.5. The summed E-state index contributed by atoms with van der Waals surface area (Å²) in [6.07, 6.45) is 2.10. The van der Waals surface area contributed by atoms with E-state index < -0.39 is 26.3 Å². The van der Waals surface area contributed by atoms with E-state index in [0.717, 1.165) is 5.56 Å². The fourth-order valence-corrected chi connectivity index (χ4v) is 10.4. The third kappa shape index (κ3) is 9.30. The molecule has 0 radical (unpaired) electrons. The lowest BCUT2D eigenvalue weighted by Crippen LogP contribution is -2.66. The number of carbonyl (C=O) groups is 1. The zero-order valence-corrected chi connectivity index (χ0v) is 28.4. The predicted octanol–water partition coefficient (Wildman–Crippen LogP) is 5.80. The van der Waals surface area contributed by atoms with Crippen molar-refractivity contribution in [1.29, 1.82) is 0 Å². The molecule has 1 aliphatic rings. The Bertz CT molecular complexity index is 1300. The average Bonchev–Trinajstić information content (AvgIpc) is 3.33. The van der Waals surface area contributed by atoms with Crippen LogP contribution in [0.4, 0.5) is 0 Å². The van der Waals surface area contributed by atoms with Gasteiger partial charge < -0.3 is 28.1 Å². The van der Waals surface area contributed by atoms with Crippen molar-refractivity contribution in [3.8, 4) is 0 Å². The summed E-state index contributed by atoms with van der Waals surface area (Å²) in [6, 6.07) is 30.9. The zero-order valence-electron chi connectivity index (χ0n) is 27.4. The van der Waals surface area contributed by atoms with Gasteiger partial charge in [-0.25, -0.2) is 0 Å². The minimum Gasteiger partial charge on any atom is -0.407 e. The number of carbonyl (C=O) groups excluding carboxylic acids is 1. The third-order valence-electron chi connectivity index (χ3n) is 7.89. The fourth-order valence-electron chi connectivity index (χ4n) is 5.86. The highest BCUT2D eigenvalue weighted by atomic mass is 28.4. The summed E-state index contributed by atoms with van der Waals surface area (Å²) in [7, 11) is -1.21. The smallest absolute Gasteiger partial charge is 0.261 e. The summed E-state index contributed by atoms with van der Waals surface area (Å²) in [6.45, 7) is 11.6. The molecule has 1 aliphatic heterocycles. The highest BCUT2D eigenvalue weighted by Crippen LogP contribution is 2.37. The lowest BCUT2D eigenvalue weighted by molar-refractivity contribution is -0.149. The number of hydrogen-bond donors (Lipinski definition) is 0. The van der Waals surface area contributed by atoms with E-state index in [1.165, 1.54) is 16.4 Å². The number of benzene rings is 3. The van der Waals surface area contributed by atoms with Gasteiger partial charge in [-0.15, -0.1) is 0 Å². The van der Waals surface area contributed by atoms with Crippen LogP contribution in [0, 0.1) is 0 Å². The molecule has 0 bridgehead atoms. The molecule has 0 amide bonds. The molecule has 0 spiro atoms. The summed E-state index contributed by atoms with van der Waals surface area (Å²) in [4.78, 5) is 13.5. The van der Waals surface area contributed by atoms with Gasteiger partial charge in [0, 0.05) is 20.1 Å². The molecule has 3 aromatic carbocycles. The van der Waals surface area contributed by atoms with Gasteiger partial charge in [-0.3, -0.25) is 4.79 Å². The van der Waals surface area contributed by atoms with Crippen LogP contribution in [-0.4, -0.2) is 65.3 Å². The Kier molecular flexibility index (Phi) is 12.5. The van der Waals surface area contributed by atoms with Crippen molar-refractivity contribution in [3.63, 3.8) is 0 Å². The SMILES string of the molecule is COCOC(CCO[Si](c1ccccc1)(c1ccccc1)C(C)(C)C)C(=O)/C=C/C1OC(C)(C)OC1COCc1ccccc1. The Morgan fingerprint density at radius 1 is 0.911 bits per heavy atom. The Morgan fingerprint density at radius 2 is 1.49 bits per heavy atom. The molecule has 0 saturated carbocycles. The van der Waals surface area contributed by atoms with Crippen LogP contribution in [0.1, 0.15) is 46.6 Å². The molecule has 7 nitrogen and oxygen atoms in total. The van der Waals surface area contributed by atoms with Crippen molar-refractivity contribution in [2.45, 2.75) is 76.8 Å². The highest BCUT2D eigenvalue weighted by molar-refractivity contribution is 6.99. The summed E-state index contributed by atoms with van der Waals surface area (Å²) in [5.41, 5.74) is 1.08. The first-order chi connectivity index (χ1) is 21.6. The van der Waals surface area contributed by atoms with Crippen molar-refractivity contribution >= 4 is 24.5 Å². The summed E-state index contributed by atoms with van der Waals surface area (Å²) >= 11 is 0. The third-order valence-corrected chi connectivity index (χ3v) is 12.9. The van der Waals surface area contributed by atoms with Crippen molar-refractivity contribution in [2.75, 3.05) is 27.1 Å². The van der Waals surface area contributed by atoms with Crippen molar-refractivity contribution in [2.24, 2.45) is 0 Å². The Balaban J connectivity index is 1.46. The van der Waals surface area contributed by atoms with Gasteiger partial charge >= 0.3 is 0 Å². The molecule has 4 rings (SSSR count). The second kappa shape index (κ2) is 16.0. The molecule has 0 aromatic heterocycles. The van der Waals surface area contributed by atoms with Crippen LogP contribution in [-0.2, 0) is 39.5 Å². The van der Waals surface area contributed by atoms with Crippen molar-refractivity contribution < 1.29 is 32.9 Å². The molecule has 242 valence electrons. The van der Waals surface area contributed by atoms with Gasteiger partial charge in [0.15, 0.2) is 11.6 Å². The van der Waals surface area contributed by atoms with E-state index in [1.807, 2.05) is 56.3 Å². The van der Waals surface area contributed by atoms with Crippen LogP contribution in [0.25, 0.3) is 0 Å². The van der Waals surface area contributed by atoms with Gasteiger partial charge in [0.05, 0.1) is 13.2 Å². The number of methoxy groups -OCH3 is 1. The first-order valence-electron chi connectivity index (χ1n) is 15.6. The Morgan fingerprint density at radius 3 is 2.04 bits per heavy atom. The van der Waals surface area contributed by atoms with E-state index in [9.17, 15) is 4.79 Å². The minimum absolute atomic E-state index is 0.00448. The van der Waals surface area contributed by atoms with E-state index in [2.05, 4.69) is 69.3 Å². The first kappa shape index (κ1) is 34.9. The highest BCUT2D eigenvalue weighted by Gasteiger charge is 2.50. The van der Waals surface area contributed by atoms with Crippen LogP contribution in [0.3, 0.4) is 0 Å². The molecule has 3 atom stereocenters. The molecule has 3 aromatic rings. The maximum absolute atomic E-state index is 13.5.